The van der Waals surface area contributed by atoms with E-state index in [9.17, 15) is 0 Å². The average Bonchev–Trinajstić information content (AvgIpc) is 3.13. The Bertz CT molecular complexity index is 295. The highest BCUT2D eigenvalue weighted by Gasteiger charge is 2.28. The molecule has 0 aromatic heterocycles. The Morgan fingerprint density at radius 3 is 2.50 bits per heavy atom. The van der Waals surface area contributed by atoms with Crippen molar-refractivity contribution in [2.75, 3.05) is 11.9 Å². The molecule has 0 unspecified atom stereocenters. The normalized spacial score (nSPS) is 15.6. The number of hydrogen-bond acceptors (Lipinski definition) is 1. The standard InChI is InChI=1S/C14H20BrN/c15-10-4-5-11-16(14-8-9-14)12-13-6-2-1-3-7-13/h1-3,6-7,14H,4-5,8-12H2. The van der Waals surface area contributed by atoms with Crippen molar-refractivity contribution in [3.05, 3.63) is 35.9 Å². The van der Waals surface area contributed by atoms with Crippen molar-refractivity contribution >= 4 is 15.9 Å². The minimum absolute atomic E-state index is 0.871. The molecule has 0 saturated heterocycles. The van der Waals surface area contributed by atoms with E-state index in [-0.39, 0.29) is 0 Å². The molecule has 0 bridgehead atoms. The van der Waals surface area contributed by atoms with Crippen molar-refractivity contribution in [3.63, 3.8) is 0 Å². The highest BCUT2D eigenvalue weighted by molar-refractivity contribution is 9.09. The first-order valence-corrected chi connectivity index (χ1v) is 7.36. The van der Waals surface area contributed by atoms with Gasteiger partial charge in [-0.1, -0.05) is 46.3 Å². The van der Waals surface area contributed by atoms with Crippen LogP contribution in [0.2, 0.25) is 0 Å². The molecule has 0 spiro atoms. The number of nitrogens with zero attached hydrogens (tertiary/aromatic N) is 1. The van der Waals surface area contributed by atoms with Gasteiger partial charge in [-0.05, 0) is 37.8 Å². The van der Waals surface area contributed by atoms with Crippen molar-refractivity contribution in [3.8, 4) is 0 Å². The van der Waals surface area contributed by atoms with E-state index < -0.39 is 0 Å². The minimum Gasteiger partial charge on any atom is -0.296 e. The predicted molar refractivity (Wildman–Crippen MR) is 72.9 cm³/mol. The number of rotatable bonds is 7. The second-order valence-corrected chi connectivity index (χ2v) is 5.38. The predicted octanol–water partition coefficient (Wildman–Crippen LogP) is 3.83. The molecule has 16 heavy (non-hydrogen) atoms. The Morgan fingerprint density at radius 1 is 1.12 bits per heavy atom. The number of hydrogen-bond donors (Lipinski definition) is 0. The van der Waals surface area contributed by atoms with Crippen LogP contribution in [-0.2, 0) is 6.54 Å². The van der Waals surface area contributed by atoms with Crippen molar-refractivity contribution < 1.29 is 0 Å². The van der Waals surface area contributed by atoms with Crippen molar-refractivity contribution in [1.82, 2.24) is 4.90 Å². The Morgan fingerprint density at radius 2 is 1.88 bits per heavy atom. The van der Waals surface area contributed by atoms with Crippen LogP contribution in [0, 0.1) is 0 Å². The molecular formula is C14H20BrN. The van der Waals surface area contributed by atoms with Gasteiger partial charge in [0.2, 0.25) is 0 Å². The zero-order chi connectivity index (χ0) is 11.2. The summed E-state index contributed by atoms with van der Waals surface area (Å²) in [6.07, 6.45) is 5.41. The molecule has 0 N–H and O–H groups in total. The third-order valence-corrected chi connectivity index (χ3v) is 3.68. The highest BCUT2D eigenvalue weighted by Crippen LogP contribution is 2.28. The van der Waals surface area contributed by atoms with Gasteiger partial charge >= 0.3 is 0 Å². The van der Waals surface area contributed by atoms with Crippen LogP contribution in [0.15, 0.2) is 30.3 Å². The Hall–Kier alpha value is -0.340. The second-order valence-electron chi connectivity index (χ2n) is 4.58. The first-order chi connectivity index (χ1) is 7.90. The molecule has 2 heteroatoms. The minimum atomic E-state index is 0.871. The maximum Gasteiger partial charge on any atom is 0.0236 e. The van der Waals surface area contributed by atoms with E-state index in [4.69, 9.17) is 0 Å². The summed E-state index contributed by atoms with van der Waals surface area (Å²) in [5, 5.41) is 1.14. The van der Waals surface area contributed by atoms with Crippen LogP contribution in [0.25, 0.3) is 0 Å². The number of benzene rings is 1. The van der Waals surface area contributed by atoms with Crippen LogP contribution in [0.1, 0.15) is 31.2 Å². The fraction of sp³-hybridized carbons (Fsp3) is 0.571. The van der Waals surface area contributed by atoms with Crippen LogP contribution < -0.4 is 0 Å². The number of halogens is 1. The van der Waals surface area contributed by atoms with Crippen LogP contribution in [0.4, 0.5) is 0 Å². The molecular weight excluding hydrogens is 262 g/mol. The Balaban J connectivity index is 1.83. The quantitative estimate of drug-likeness (QED) is 0.542. The Kier molecular flexibility index (Phi) is 4.86. The van der Waals surface area contributed by atoms with Gasteiger partial charge in [0.1, 0.15) is 0 Å². The highest BCUT2D eigenvalue weighted by atomic mass is 79.9. The molecule has 0 amide bonds. The molecule has 0 radical (unpaired) electrons. The van der Waals surface area contributed by atoms with Gasteiger partial charge in [-0.3, -0.25) is 4.90 Å². The summed E-state index contributed by atoms with van der Waals surface area (Å²) in [6, 6.07) is 11.7. The van der Waals surface area contributed by atoms with Crippen molar-refractivity contribution in [2.24, 2.45) is 0 Å². The van der Waals surface area contributed by atoms with Gasteiger partial charge in [0.25, 0.3) is 0 Å². The molecule has 1 saturated carbocycles. The summed E-state index contributed by atoms with van der Waals surface area (Å²) in [5.41, 5.74) is 1.45. The smallest absolute Gasteiger partial charge is 0.0236 e. The number of alkyl halides is 1. The maximum absolute atomic E-state index is 3.50. The lowest BCUT2D eigenvalue weighted by atomic mass is 10.2. The van der Waals surface area contributed by atoms with E-state index in [1.807, 2.05) is 0 Å². The lowest BCUT2D eigenvalue weighted by Gasteiger charge is -2.21. The first kappa shape index (κ1) is 12.1. The molecule has 1 nitrogen and oxygen atoms in total. The number of unbranched alkanes of at least 4 members (excludes halogenated alkanes) is 1. The van der Waals surface area contributed by atoms with Crippen LogP contribution >= 0.6 is 15.9 Å². The zero-order valence-electron chi connectivity index (χ0n) is 9.74. The molecule has 1 aromatic rings. The third-order valence-electron chi connectivity index (χ3n) is 3.12. The van der Waals surface area contributed by atoms with E-state index in [0.29, 0.717) is 0 Å². The maximum atomic E-state index is 3.50. The summed E-state index contributed by atoms with van der Waals surface area (Å²) >= 11 is 3.50. The third kappa shape index (κ3) is 3.91. The second kappa shape index (κ2) is 6.41. The van der Waals surface area contributed by atoms with Gasteiger partial charge in [-0.2, -0.15) is 0 Å². The zero-order valence-corrected chi connectivity index (χ0v) is 11.3. The molecule has 1 aliphatic carbocycles. The lowest BCUT2D eigenvalue weighted by molar-refractivity contribution is 0.251. The summed E-state index contributed by atoms with van der Waals surface area (Å²) in [5.74, 6) is 0. The average molecular weight is 282 g/mol. The van der Waals surface area contributed by atoms with E-state index in [0.717, 1.165) is 17.9 Å². The molecule has 0 aliphatic heterocycles. The van der Waals surface area contributed by atoms with Crippen molar-refractivity contribution in [2.45, 2.75) is 38.3 Å². The fourth-order valence-electron chi connectivity index (χ4n) is 2.06. The molecule has 1 aliphatic rings. The SMILES string of the molecule is BrCCCCN(Cc1ccccc1)C1CC1. The molecule has 1 fully saturated rings. The largest absolute Gasteiger partial charge is 0.296 e. The first-order valence-electron chi connectivity index (χ1n) is 6.24. The summed E-state index contributed by atoms with van der Waals surface area (Å²) < 4.78 is 0. The summed E-state index contributed by atoms with van der Waals surface area (Å²) in [7, 11) is 0. The van der Waals surface area contributed by atoms with Crippen molar-refractivity contribution in [1.29, 1.82) is 0 Å². The van der Waals surface area contributed by atoms with Gasteiger partial charge in [0.05, 0.1) is 0 Å². The monoisotopic (exact) mass is 281 g/mol. The molecule has 0 atom stereocenters. The van der Waals surface area contributed by atoms with Gasteiger partial charge < -0.3 is 0 Å². The van der Waals surface area contributed by atoms with E-state index in [1.54, 1.807) is 0 Å². The van der Waals surface area contributed by atoms with Crippen LogP contribution in [0.3, 0.4) is 0 Å². The summed E-state index contributed by atoms with van der Waals surface area (Å²) in [4.78, 5) is 2.65. The van der Waals surface area contributed by atoms with Gasteiger partial charge in [-0.15, -0.1) is 0 Å². The molecule has 0 heterocycles. The molecule has 1 aromatic carbocycles. The van der Waals surface area contributed by atoms with Gasteiger partial charge in [0, 0.05) is 17.9 Å². The topological polar surface area (TPSA) is 3.24 Å². The van der Waals surface area contributed by atoms with E-state index in [2.05, 4.69) is 51.2 Å². The molecule has 2 rings (SSSR count). The summed E-state index contributed by atoms with van der Waals surface area (Å²) in [6.45, 7) is 2.39. The fourth-order valence-corrected chi connectivity index (χ4v) is 2.45. The Labute approximate surface area is 107 Å². The van der Waals surface area contributed by atoms with E-state index >= 15 is 0 Å². The lowest BCUT2D eigenvalue weighted by Crippen LogP contribution is -2.26. The van der Waals surface area contributed by atoms with E-state index in [1.165, 1.54) is 37.8 Å². The van der Waals surface area contributed by atoms with Crippen LogP contribution in [0.5, 0.6) is 0 Å². The molecule has 88 valence electrons. The van der Waals surface area contributed by atoms with Crippen LogP contribution in [-0.4, -0.2) is 22.8 Å². The van der Waals surface area contributed by atoms with Gasteiger partial charge in [-0.25, -0.2) is 0 Å². The van der Waals surface area contributed by atoms with Gasteiger partial charge in [0.15, 0.2) is 0 Å².